The van der Waals surface area contributed by atoms with Gasteiger partial charge in [0.05, 0.1) is 17.3 Å². The summed E-state index contributed by atoms with van der Waals surface area (Å²) in [6.07, 6.45) is -0.0865. The van der Waals surface area contributed by atoms with Gasteiger partial charge in [-0.2, -0.15) is 9.78 Å². The zero-order chi connectivity index (χ0) is 22.7. The predicted molar refractivity (Wildman–Crippen MR) is 122 cm³/mol. The molecule has 4 rings (SSSR count). The molecular formula is C24H20ClFN4O2. The molecule has 32 heavy (non-hydrogen) atoms. The van der Waals surface area contributed by atoms with Gasteiger partial charge in [0.1, 0.15) is 11.5 Å². The van der Waals surface area contributed by atoms with Gasteiger partial charge < -0.3 is 5.73 Å². The monoisotopic (exact) mass is 450 g/mol. The Bertz CT molecular complexity index is 1370. The molecule has 0 amide bonds. The van der Waals surface area contributed by atoms with Crippen LogP contribution in [0.25, 0.3) is 5.69 Å². The Labute approximate surface area is 188 Å². The van der Waals surface area contributed by atoms with E-state index in [-0.39, 0.29) is 23.7 Å². The van der Waals surface area contributed by atoms with Crippen molar-refractivity contribution in [3.05, 3.63) is 127 Å². The van der Waals surface area contributed by atoms with Gasteiger partial charge in [0, 0.05) is 12.5 Å². The van der Waals surface area contributed by atoms with E-state index >= 15 is 0 Å². The minimum absolute atomic E-state index is 0.00915. The Hall–Kier alpha value is -3.55. The molecule has 0 radical (unpaired) electrons. The fourth-order valence-corrected chi connectivity index (χ4v) is 3.66. The van der Waals surface area contributed by atoms with Crippen molar-refractivity contribution in [1.82, 2.24) is 14.3 Å². The number of hydrogen-bond donors (Lipinski definition) is 1. The largest absolute Gasteiger partial charge is 0.352 e. The molecule has 0 aliphatic rings. The Morgan fingerprint density at radius 3 is 2.31 bits per heavy atom. The normalized spacial score (nSPS) is 12.0. The molecule has 0 saturated heterocycles. The maximum Gasteiger partial charge on any atom is 0.352 e. The van der Waals surface area contributed by atoms with E-state index in [4.69, 9.17) is 17.3 Å². The molecule has 1 unspecified atom stereocenters. The molecule has 162 valence electrons. The molecule has 1 atom stereocenters. The van der Waals surface area contributed by atoms with E-state index in [1.54, 1.807) is 42.5 Å². The molecule has 6 nitrogen and oxygen atoms in total. The highest BCUT2D eigenvalue weighted by molar-refractivity contribution is 6.32. The highest BCUT2D eigenvalue weighted by Crippen LogP contribution is 2.18. The van der Waals surface area contributed by atoms with E-state index in [0.717, 1.165) is 14.8 Å². The summed E-state index contributed by atoms with van der Waals surface area (Å²) in [7, 11) is 0. The number of nitrogens with two attached hydrogens (primary N) is 1. The molecule has 1 heterocycles. The molecule has 0 fully saturated rings. The van der Waals surface area contributed by atoms with E-state index in [1.807, 2.05) is 30.3 Å². The summed E-state index contributed by atoms with van der Waals surface area (Å²) in [4.78, 5) is 26.5. The Balaban J connectivity index is 1.87. The molecule has 0 aliphatic carbocycles. The van der Waals surface area contributed by atoms with Crippen LogP contribution in [0, 0.1) is 5.82 Å². The summed E-state index contributed by atoms with van der Waals surface area (Å²) in [6.45, 7) is -0.0705. The minimum atomic E-state index is -0.674. The average molecular weight is 451 g/mol. The quantitative estimate of drug-likeness (QED) is 0.487. The summed E-state index contributed by atoms with van der Waals surface area (Å²) < 4.78 is 16.4. The number of nitrogens with zero attached hydrogens (tertiary/aromatic N) is 3. The summed E-state index contributed by atoms with van der Waals surface area (Å²) in [6, 6.07) is 21.3. The van der Waals surface area contributed by atoms with Crippen LogP contribution < -0.4 is 17.0 Å². The first-order valence-electron chi connectivity index (χ1n) is 9.97. The van der Waals surface area contributed by atoms with Crippen molar-refractivity contribution in [3.8, 4) is 5.69 Å². The van der Waals surface area contributed by atoms with E-state index in [2.05, 4.69) is 5.10 Å². The second kappa shape index (κ2) is 9.30. The van der Waals surface area contributed by atoms with Crippen LogP contribution in [-0.2, 0) is 13.0 Å². The summed E-state index contributed by atoms with van der Waals surface area (Å²) in [5.41, 5.74) is 6.39. The lowest BCUT2D eigenvalue weighted by Crippen LogP contribution is -2.44. The zero-order valence-corrected chi connectivity index (χ0v) is 17.7. The first-order valence-corrected chi connectivity index (χ1v) is 10.4. The maximum absolute atomic E-state index is 14.3. The summed E-state index contributed by atoms with van der Waals surface area (Å²) in [5, 5.41) is 4.55. The minimum Gasteiger partial charge on any atom is -0.322 e. The molecule has 0 aliphatic heterocycles. The fourth-order valence-electron chi connectivity index (χ4n) is 3.44. The molecule has 0 spiro atoms. The Morgan fingerprint density at radius 1 is 0.938 bits per heavy atom. The maximum atomic E-state index is 14.3. The van der Waals surface area contributed by atoms with Crippen LogP contribution in [0.3, 0.4) is 0 Å². The van der Waals surface area contributed by atoms with Crippen LogP contribution in [0.4, 0.5) is 4.39 Å². The van der Waals surface area contributed by atoms with Gasteiger partial charge >= 0.3 is 5.69 Å². The highest BCUT2D eigenvalue weighted by Gasteiger charge is 2.19. The second-order valence-corrected chi connectivity index (χ2v) is 7.70. The van der Waals surface area contributed by atoms with Crippen LogP contribution in [0.1, 0.15) is 22.9 Å². The molecule has 8 heteroatoms. The number of hydrogen-bond acceptors (Lipinski definition) is 4. The number of benzene rings is 3. The van der Waals surface area contributed by atoms with Crippen molar-refractivity contribution in [2.45, 2.75) is 19.0 Å². The fraction of sp³-hybridized carbons (Fsp3) is 0.125. The van der Waals surface area contributed by atoms with Crippen LogP contribution in [0.2, 0.25) is 5.02 Å². The van der Waals surface area contributed by atoms with Crippen molar-refractivity contribution >= 4 is 11.6 Å². The highest BCUT2D eigenvalue weighted by atomic mass is 35.5. The number of aromatic nitrogens is 3. The van der Waals surface area contributed by atoms with E-state index in [0.29, 0.717) is 11.3 Å². The molecule has 4 aromatic rings. The Kier molecular flexibility index (Phi) is 6.30. The molecule has 0 saturated carbocycles. The lowest BCUT2D eigenvalue weighted by Gasteiger charge is -2.16. The van der Waals surface area contributed by atoms with Crippen molar-refractivity contribution in [1.29, 1.82) is 0 Å². The van der Waals surface area contributed by atoms with Gasteiger partial charge in [0.2, 0.25) is 0 Å². The van der Waals surface area contributed by atoms with Crippen LogP contribution >= 0.6 is 11.6 Å². The van der Waals surface area contributed by atoms with Gasteiger partial charge in [0.25, 0.3) is 5.56 Å². The first kappa shape index (κ1) is 21.7. The first-order chi connectivity index (χ1) is 15.5. The van der Waals surface area contributed by atoms with Gasteiger partial charge in [-0.05, 0) is 29.3 Å². The topological polar surface area (TPSA) is 82.9 Å². The smallest absolute Gasteiger partial charge is 0.322 e. The lowest BCUT2D eigenvalue weighted by molar-refractivity contribution is 0.502. The predicted octanol–water partition coefficient (Wildman–Crippen LogP) is 3.48. The van der Waals surface area contributed by atoms with Gasteiger partial charge in [-0.25, -0.2) is 9.18 Å². The average Bonchev–Trinajstić information content (AvgIpc) is 2.81. The van der Waals surface area contributed by atoms with Crippen molar-refractivity contribution in [3.63, 3.8) is 0 Å². The molecule has 1 aromatic heterocycles. The van der Waals surface area contributed by atoms with E-state index < -0.39 is 23.1 Å². The van der Waals surface area contributed by atoms with Gasteiger partial charge in [-0.3, -0.25) is 9.36 Å². The zero-order valence-electron chi connectivity index (χ0n) is 17.0. The standard InChI is InChI=1S/C24H20ClFN4O2/c25-18-11-5-7-13-22(18)30-24(32)29(15-20(27)16-8-2-1-3-9-16)23(31)21(28-30)14-17-10-4-6-12-19(17)26/h1-13,20H,14-15,27H2. The summed E-state index contributed by atoms with van der Waals surface area (Å²) in [5.74, 6) is -0.461. The van der Waals surface area contributed by atoms with E-state index in [1.165, 1.54) is 6.07 Å². The lowest BCUT2D eigenvalue weighted by atomic mass is 10.1. The van der Waals surface area contributed by atoms with Crippen LogP contribution in [0.5, 0.6) is 0 Å². The molecular weight excluding hydrogens is 431 g/mol. The van der Waals surface area contributed by atoms with Crippen LogP contribution in [0.15, 0.2) is 88.5 Å². The summed E-state index contributed by atoms with van der Waals surface area (Å²) >= 11 is 6.29. The number of rotatable bonds is 6. The Morgan fingerprint density at radius 2 is 1.59 bits per heavy atom. The molecule has 2 N–H and O–H groups in total. The third-order valence-electron chi connectivity index (χ3n) is 5.13. The van der Waals surface area contributed by atoms with E-state index in [9.17, 15) is 14.0 Å². The SMILES string of the molecule is NC(Cn1c(=O)c(Cc2ccccc2F)nn(-c2ccccc2Cl)c1=O)c1ccccc1. The molecule has 3 aromatic carbocycles. The van der Waals surface area contributed by atoms with Crippen LogP contribution in [-0.4, -0.2) is 14.3 Å². The van der Waals surface area contributed by atoms with Crippen molar-refractivity contribution in [2.24, 2.45) is 5.73 Å². The third-order valence-corrected chi connectivity index (χ3v) is 5.45. The van der Waals surface area contributed by atoms with Crippen molar-refractivity contribution < 1.29 is 4.39 Å². The van der Waals surface area contributed by atoms with Crippen molar-refractivity contribution in [2.75, 3.05) is 0 Å². The third kappa shape index (κ3) is 4.39. The number of para-hydroxylation sites is 1. The second-order valence-electron chi connectivity index (χ2n) is 7.29. The van der Waals surface area contributed by atoms with Gasteiger partial charge in [-0.15, -0.1) is 0 Å². The van der Waals surface area contributed by atoms with Gasteiger partial charge in [0.15, 0.2) is 0 Å². The number of halogens is 2. The molecule has 0 bridgehead atoms. The van der Waals surface area contributed by atoms with Gasteiger partial charge in [-0.1, -0.05) is 72.3 Å².